The molecular formula is C39H35N. The van der Waals surface area contributed by atoms with Crippen molar-refractivity contribution < 1.29 is 0 Å². The molecule has 3 heterocycles. The minimum Gasteiger partial charge on any atom is -0.309 e. The minimum absolute atomic E-state index is 0.123. The molecule has 0 saturated heterocycles. The first-order chi connectivity index (χ1) is 19.1. The standard InChI is InChI=1S/C39H35N/c1-37(2)28-18-13-19-29-34(28)40-35-30(37)20-26(24-14-9-7-10-15-24)22-32(35)39(5,6)33-23-27(25-16-11-8-12-17-25)21-31(36(33)40)38(29,3)4/h7-23H,1-6H3. The summed E-state index contributed by atoms with van der Waals surface area (Å²) in [6.45, 7) is 14.6. The molecule has 3 aliphatic rings. The zero-order chi connectivity index (χ0) is 27.6. The summed E-state index contributed by atoms with van der Waals surface area (Å²) in [5.74, 6) is 0. The highest BCUT2D eigenvalue weighted by molar-refractivity contribution is 6.00. The molecule has 5 aromatic rings. The molecule has 40 heavy (non-hydrogen) atoms. The second kappa shape index (κ2) is 7.55. The van der Waals surface area contributed by atoms with Gasteiger partial charge in [0.05, 0.1) is 17.1 Å². The Morgan fingerprint density at radius 2 is 0.675 bits per heavy atom. The molecule has 1 heteroatoms. The Kier molecular flexibility index (Phi) is 4.48. The maximum absolute atomic E-state index is 2.66. The molecule has 0 amide bonds. The SMILES string of the molecule is CC1(C)c2cccc3c2N2c4c1cc(-c1ccccc1)cc4C(C)(C)c1cc(-c4ccccc4)cc(c12)C3(C)C. The molecule has 8 rings (SSSR count). The van der Waals surface area contributed by atoms with Gasteiger partial charge in [-0.3, -0.25) is 0 Å². The van der Waals surface area contributed by atoms with E-state index in [0.29, 0.717) is 0 Å². The van der Waals surface area contributed by atoms with E-state index >= 15 is 0 Å². The van der Waals surface area contributed by atoms with Crippen molar-refractivity contribution in [2.45, 2.75) is 57.8 Å². The van der Waals surface area contributed by atoms with Gasteiger partial charge in [-0.1, -0.05) is 120 Å². The number of rotatable bonds is 2. The monoisotopic (exact) mass is 517 g/mol. The molecule has 0 unspecified atom stereocenters. The van der Waals surface area contributed by atoms with Crippen molar-refractivity contribution in [2.75, 3.05) is 4.90 Å². The van der Waals surface area contributed by atoms with Crippen molar-refractivity contribution in [3.05, 3.63) is 137 Å². The molecular weight excluding hydrogens is 482 g/mol. The van der Waals surface area contributed by atoms with Crippen LogP contribution >= 0.6 is 0 Å². The molecule has 0 bridgehead atoms. The van der Waals surface area contributed by atoms with Crippen molar-refractivity contribution >= 4 is 17.1 Å². The van der Waals surface area contributed by atoms with Crippen LogP contribution in [0.5, 0.6) is 0 Å². The van der Waals surface area contributed by atoms with Gasteiger partial charge in [0.25, 0.3) is 0 Å². The number of nitrogens with zero attached hydrogens (tertiary/aromatic N) is 1. The molecule has 0 fully saturated rings. The fourth-order valence-electron chi connectivity index (χ4n) is 7.81. The third-order valence-corrected chi connectivity index (χ3v) is 10.2. The minimum atomic E-state index is -0.170. The zero-order valence-electron chi connectivity index (χ0n) is 24.3. The van der Waals surface area contributed by atoms with Gasteiger partial charge < -0.3 is 4.90 Å². The summed E-state index contributed by atoms with van der Waals surface area (Å²) in [7, 11) is 0. The van der Waals surface area contributed by atoms with Gasteiger partial charge in [0, 0.05) is 16.2 Å². The van der Waals surface area contributed by atoms with E-state index in [4.69, 9.17) is 0 Å². The lowest BCUT2D eigenvalue weighted by Crippen LogP contribution is -2.43. The van der Waals surface area contributed by atoms with Gasteiger partial charge in [0.1, 0.15) is 0 Å². The summed E-state index contributed by atoms with van der Waals surface area (Å²) in [5.41, 5.74) is 17.4. The largest absolute Gasteiger partial charge is 0.309 e. The van der Waals surface area contributed by atoms with Gasteiger partial charge in [0.2, 0.25) is 0 Å². The maximum atomic E-state index is 2.66. The van der Waals surface area contributed by atoms with Crippen LogP contribution in [0.25, 0.3) is 22.3 Å². The van der Waals surface area contributed by atoms with E-state index < -0.39 is 0 Å². The summed E-state index contributed by atoms with van der Waals surface area (Å²) in [6.07, 6.45) is 0. The van der Waals surface area contributed by atoms with Crippen molar-refractivity contribution in [3.8, 4) is 22.3 Å². The van der Waals surface area contributed by atoms with E-state index in [9.17, 15) is 0 Å². The van der Waals surface area contributed by atoms with Gasteiger partial charge >= 0.3 is 0 Å². The fourth-order valence-corrected chi connectivity index (χ4v) is 7.81. The Morgan fingerprint density at radius 1 is 0.350 bits per heavy atom. The van der Waals surface area contributed by atoms with Crippen LogP contribution in [0.1, 0.15) is 74.9 Å². The normalized spacial score (nSPS) is 17.8. The van der Waals surface area contributed by atoms with E-state index in [1.165, 1.54) is 72.7 Å². The Labute approximate surface area is 238 Å². The summed E-state index contributed by atoms with van der Waals surface area (Å²) in [5, 5.41) is 0. The Bertz CT molecular complexity index is 1720. The summed E-state index contributed by atoms with van der Waals surface area (Å²) >= 11 is 0. The average Bonchev–Trinajstić information content (AvgIpc) is 2.96. The topological polar surface area (TPSA) is 3.24 Å². The molecule has 0 N–H and O–H groups in total. The molecule has 0 aromatic heterocycles. The molecule has 0 aliphatic carbocycles. The number of para-hydroxylation sites is 1. The first-order valence-electron chi connectivity index (χ1n) is 14.5. The third kappa shape index (κ3) is 2.83. The van der Waals surface area contributed by atoms with Crippen molar-refractivity contribution in [3.63, 3.8) is 0 Å². The number of benzene rings is 5. The van der Waals surface area contributed by atoms with Crippen molar-refractivity contribution in [2.24, 2.45) is 0 Å². The van der Waals surface area contributed by atoms with Gasteiger partial charge in [-0.25, -0.2) is 0 Å². The Morgan fingerprint density at radius 3 is 1.05 bits per heavy atom. The molecule has 0 atom stereocenters. The lowest BCUT2D eigenvalue weighted by molar-refractivity contribution is 0.567. The van der Waals surface area contributed by atoms with Gasteiger partial charge in [-0.2, -0.15) is 0 Å². The molecule has 196 valence electrons. The highest BCUT2D eigenvalue weighted by Gasteiger charge is 2.51. The highest BCUT2D eigenvalue weighted by atomic mass is 15.2. The third-order valence-electron chi connectivity index (χ3n) is 10.2. The Hall–Kier alpha value is -4.10. The highest BCUT2D eigenvalue weighted by Crippen LogP contribution is 2.66. The number of hydrogen-bond acceptors (Lipinski definition) is 1. The van der Waals surface area contributed by atoms with Crippen molar-refractivity contribution in [1.29, 1.82) is 0 Å². The zero-order valence-corrected chi connectivity index (χ0v) is 24.3. The van der Waals surface area contributed by atoms with Crippen LogP contribution in [0.15, 0.2) is 103 Å². The van der Waals surface area contributed by atoms with Crippen LogP contribution in [0.3, 0.4) is 0 Å². The Balaban J connectivity index is 1.54. The average molecular weight is 518 g/mol. The van der Waals surface area contributed by atoms with E-state index in [-0.39, 0.29) is 16.2 Å². The number of hydrogen-bond donors (Lipinski definition) is 0. The van der Waals surface area contributed by atoms with Crippen molar-refractivity contribution in [1.82, 2.24) is 0 Å². The predicted molar refractivity (Wildman–Crippen MR) is 168 cm³/mol. The van der Waals surface area contributed by atoms with Crippen LogP contribution in [-0.4, -0.2) is 0 Å². The summed E-state index contributed by atoms with van der Waals surface area (Å²) < 4.78 is 0. The van der Waals surface area contributed by atoms with Crippen LogP contribution in [0.4, 0.5) is 17.1 Å². The molecule has 0 saturated carbocycles. The van der Waals surface area contributed by atoms with Crippen LogP contribution in [0.2, 0.25) is 0 Å². The molecule has 5 aromatic carbocycles. The smallest absolute Gasteiger partial charge is 0.0544 e. The molecule has 0 spiro atoms. The van der Waals surface area contributed by atoms with Gasteiger partial charge in [-0.05, 0) is 79.9 Å². The van der Waals surface area contributed by atoms with E-state index in [2.05, 4.69) is 150 Å². The quantitative estimate of drug-likeness (QED) is 0.225. The van der Waals surface area contributed by atoms with Crippen LogP contribution in [0, 0.1) is 0 Å². The maximum Gasteiger partial charge on any atom is 0.0544 e. The first kappa shape index (κ1) is 23.8. The van der Waals surface area contributed by atoms with E-state index in [0.717, 1.165) is 0 Å². The molecule has 3 aliphatic heterocycles. The molecule has 0 radical (unpaired) electrons. The lowest BCUT2D eigenvalue weighted by atomic mass is 9.60. The van der Waals surface area contributed by atoms with E-state index in [1.54, 1.807) is 0 Å². The summed E-state index contributed by atoms with van der Waals surface area (Å²) in [6, 6.07) is 38.7. The van der Waals surface area contributed by atoms with Crippen LogP contribution < -0.4 is 4.90 Å². The second-order valence-corrected chi connectivity index (χ2v) is 13.5. The fraction of sp³-hybridized carbons (Fsp3) is 0.231. The first-order valence-corrected chi connectivity index (χ1v) is 14.5. The number of anilines is 3. The molecule has 1 nitrogen and oxygen atoms in total. The predicted octanol–water partition coefficient (Wildman–Crippen LogP) is 10.4. The van der Waals surface area contributed by atoms with Gasteiger partial charge in [-0.15, -0.1) is 0 Å². The second-order valence-electron chi connectivity index (χ2n) is 13.5. The lowest BCUT2D eigenvalue weighted by Gasteiger charge is -2.55. The van der Waals surface area contributed by atoms with Gasteiger partial charge in [0.15, 0.2) is 0 Å². The summed E-state index contributed by atoms with van der Waals surface area (Å²) in [4.78, 5) is 2.66. The van der Waals surface area contributed by atoms with Crippen LogP contribution in [-0.2, 0) is 16.2 Å². The van der Waals surface area contributed by atoms with E-state index in [1.807, 2.05) is 0 Å².